The van der Waals surface area contributed by atoms with Gasteiger partial charge in [-0.15, -0.1) is 0 Å². The number of nitrogens with one attached hydrogen (secondary N) is 1. The lowest BCUT2D eigenvalue weighted by atomic mass is 10.0. The van der Waals surface area contributed by atoms with Crippen molar-refractivity contribution in [2.75, 3.05) is 5.32 Å². The number of carbonyl (C=O) groups is 1. The van der Waals surface area contributed by atoms with Crippen LogP contribution in [0.5, 0.6) is 0 Å². The first-order chi connectivity index (χ1) is 13.1. The third-order valence-corrected chi connectivity index (χ3v) is 4.76. The molecule has 0 saturated carbocycles. The highest BCUT2D eigenvalue weighted by Gasteiger charge is 2.15. The predicted molar refractivity (Wildman–Crippen MR) is 110 cm³/mol. The summed E-state index contributed by atoms with van der Waals surface area (Å²) >= 11 is 0. The molecule has 1 heterocycles. The highest BCUT2D eigenvalue weighted by molar-refractivity contribution is 5.93. The molecule has 4 heteroatoms. The summed E-state index contributed by atoms with van der Waals surface area (Å²) in [7, 11) is 0. The van der Waals surface area contributed by atoms with E-state index in [0.717, 1.165) is 34.7 Å². The van der Waals surface area contributed by atoms with Gasteiger partial charge in [-0.05, 0) is 49.9 Å². The fraction of sp³-hybridized carbons (Fsp3) is 0.304. The molecule has 0 saturated heterocycles. The van der Waals surface area contributed by atoms with Gasteiger partial charge in [0.1, 0.15) is 0 Å². The minimum absolute atomic E-state index is 0.0184. The van der Waals surface area contributed by atoms with Crippen LogP contribution >= 0.6 is 0 Å². The molecule has 0 radical (unpaired) electrons. The number of hydrogen-bond donors (Lipinski definition) is 1. The smallest absolute Gasteiger partial charge is 0.228 e. The Morgan fingerprint density at radius 2 is 1.67 bits per heavy atom. The van der Waals surface area contributed by atoms with E-state index in [1.165, 1.54) is 18.4 Å². The number of rotatable bonds is 7. The normalized spacial score (nSPS) is 10.8. The van der Waals surface area contributed by atoms with Crippen molar-refractivity contribution in [3.8, 4) is 5.69 Å². The van der Waals surface area contributed by atoms with Crippen LogP contribution in [0.15, 0.2) is 54.6 Å². The lowest BCUT2D eigenvalue weighted by molar-refractivity contribution is -0.115. The molecule has 0 aliphatic heterocycles. The molecular formula is C23H27N3O. The van der Waals surface area contributed by atoms with E-state index in [1.54, 1.807) is 0 Å². The SMILES string of the molecule is CCCCc1ccc(CC(=O)Nc2c(C)nn(-c3ccccc3)c2C)cc1. The summed E-state index contributed by atoms with van der Waals surface area (Å²) in [5.74, 6) is -0.0184. The maximum atomic E-state index is 12.5. The highest BCUT2D eigenvalue weighted by atomic mass is 16.1. The first-order valence-electron chi connectivity index (χ1n) is 9.57. The Bertz CT molecular complexity index is 895. The summed E-state index contributed by atoms with van der Waals surface area (Å²) in [6.45, 7) is 6.10. The molecule has 1 N–H and O–H groups in total. The van der Waals surface area contributed by atoms with Crippen LogP contribution in [0.3, 0.4) is 0 Å². The van der Waals surface area contributed by atoms with Gasteiger partial charge >= 0.3 is 0 Å². The average molecular weight is 361 g/mol. The lowest BCUT2D eigenvalue weighted by Crippen LogP contribution is -2.15. The monoisotopic (exact) mass is 361 g/mol. The molecule has 3 aromatic rings. The molecule has 0 bridgehead atoms. The summed E-state index contributed by atoms with van der Waals surface area (Å²) < 4.78 is 1.87. The fourth-order valence-electron chi connectivity index (χ4n) is 3.22. The minimum Gasteiger partial charge on any atom is -0.323 e. The maximum Gasteiger partial charge on any atom is 0.228 e. The third kappa shape index (κ3) is 4.64. The van der Waals surface area contributed by atoms with E-state index >= 15 is 0 Å². The Kier molecular flexibility index (Phi) is 6.07. The van der Waals surface area contributed by atoms with E-state index in [-0.39, 0.29) is 5.91 Å². The molecule has 0 fully saturated rings. The summed E-state index contributed by atoms with van der Waals surface area (Å²) in [5, 5.41) is 7.63. The molecule has 27 heavy (non-hydrogen) atoms. The topological polar surface area (TPSA) is 46.9 Å². The van der Waals surface area contributed by atoms with Crippen molar-refractivity contribution in [1.29, 1.82) is 0 Å². The molecule has 1 amide bonds. The number of unbranched alkanes of at least 4 members (excludes halogenated alkanes) is 1. The van der Waals surface area contributed by atoms with Crippen LogP contribution in [-0.4, -0.2) is 15.7 Å². The molecule has 0 spiro atoms. The Hall–Kier alpha value is -2.88. The zero-order chi connectivity index (χ0) is 19.2. The largest absolute Gasteiger partial charge is 0.323 e. The molecular weight excluding hydrogens is 334 g/mol. The van der Waals surface area contributed by atoms with E-state index in [1.807, 2.05) is 48.9 Å². The van der Waals surface area contributed by atoms with Crippen LogP contribution in [0.4, 0.5) is 5.69 Å². The molecule has 1 aromatic heterocycles. The summed E-state index contributed by atoms with van der Waals surface area (Å²) in [6, 6.07) is 18.3. The van der Waals surface area contributed by atoms with Crippen molar-refractivity contribution in [3.63, 3.8) is 0 Å². The van der Waals surface area contributed by atoms with Crippen molar-refractivity contribution >= 4 is 11.6 Å². The Morgan fingerprint density at radius 1 is 1.00 bits per heavy atom. The van der Waals surface area contributed by atoms with Gasteiger partial charge in [0.15, 0.2) is 0 Å². The first kappa shape index (κ1) is 18.9. The number of aromatic nitrogens is 2. The number of amides is 1. The minimum atomic E-state index is -0.0184. The summed E-state index contributed by atoms with van der Waals surface area (Å²) in [5.41, 5.74) is 5.89. The molecule has 0 unspecified atom stereocenters. The van der Waals surface area contributed by atoms with Gasteiger partial charge in [-0.2, -0.15) is 5.10 Å². The van der Waals surface area contributed by atoms with Crippen LogP contribution in [0, 0.1) is 13.8 Å². The van der Waals surface area contributed by atoms with E-state index < -0.39 is 0 Å². The van der Waals surface area contributed by atoms with Gasteiger partial charge in [0.2, 0.25) is 5.91 Å². The Morgan fingerprint density at radius 3 is 2.33 bits per heavy atom. The maximum absolute atomic E-state index is 12.5. The van der Waals surface area contributed by atoms with Crippen molar-refractivity contribution in [2.24, 2.45) is 0 Å². The van der Waals surface area contributed by atoms with Crippen LogP contribution in [-0.2, 0) is 17.6 Å². The lowest BCUT2D eigenvalue weighted by Gasteiger charge is -2.08. The van der Waals surface area contributed by atoms with Gasteiger partial charge in [-0.25, -0.2) is 4.68 Å². The van der Waals surface area contributed by atoms with Gasteiger partial charge in [0.25, 0.3) is 0 Å². The van der Waals surface area contributed by atoms with Crippen LogP contribution < -0.4 is 5.32 Å². The highest BCUT2D eigenvalue weighted by Crippen LogP contribution is 2.23. The number of carbonyl (C=O) groups excluding carboxylic acids is 1. The first-order valence-corrected chi connectivity index (χ1v) is 9.57. The predicted octanol–water partition coefficient (Wildman–Crippen LogP) is 5.01. The van der Waals surface area contributed by atoms with Crippen LogP contribution in [0.1, 0.15) is 42.3 Å². The fourth-order valence-corrected chi connectivity index (χ4v) is 3.22. The second-order valence-corrected chi connectivity index (χ2v) is 6.94. The number of nitrogens with zero attached hydrogens (tertiary/aromatic N) is 2. The number of hydrogen-bond acceptors (Lipinski definition) is 2. The Labute approximate surface area is 161 Å². The third-order valence-electron chi connectivity index (χ3n) is 4.76. The summed E-state index contributed by atoms with van der Waals surface area (Å²) in [4.78, 5) is 12.5. The van der Waals surface area contributed by atoms with Gasteiger partial charge < -0.3 is 5.32 Å². The van der Waals surface area contributed by atoms with Gasteiger partial charge in [-0.1, -0.05) is 55.8 Å². The number of benzene rings is 2. The van der Waals surface area contributed by atoms with Gasteiger partial charge in [-0.3, -0.25) is 4.79 Å². The molecule has 140 valence electrons. The molecule has 0 atom stereocenters. The molecule has 0 aliphatic carbocycles. The van der Waals surface area contributed by atoms with E-state index in [0.29, 0.717) is 6.42 Å². The number of aryl methyl sites for hydroxylation is 2. The van der Waals surface area contributed by atoms with Crippen LogP contribution in [0.25, 0.3) is 5.69 Å². The molecule has 3 rings (SSSR count). The van der Waals surface area contributed by atoms with Crippen LogP contribution in [0.2, 0.25) is 0 Å². The second-order valence-electron chi connectivity index (χ2n) is 6.94. The van der Waals surface area contributed by atoms with E-state index in [2.05, 4.69) is 41.6 Å². The van der Waals surface area contributed by atoms with Gasteiger partial charge in [0, 0.05) is 0 Å². The van der Waals surface area contributed by atoms with E-state index in [4.69, 9.17) is 0 Å². The van der Waals surface area contributed by atoms with Crippen molar-refractivity contribution < 1.29 is 4.79 Å². The summed E-state index contributed by atoms with van der Waals surface area (Å²) in [6.07, 6.45) is 3.85. The number of para-hydroxylation sites is 1. The van der Waals surface area contributed by atoms with Crippen molar-refractivity contribution in [1.82, 2.24) is 9.78 Å². The molecule has 0 aliphatic rings. The average Bonchev–Trinajstić information content (AvgIpc) is 2.96. The Balaban J connectivity index is 1.68. The standard InChI is InChI=1S/C23H27N3O/c1-4-5-9-19-12-14-20(15-13-19)16-22(27)24-23-17(2)25-26(18(23)3)21-10-7-6-8-11-21/h6-8,10-15H,4-5,9,16H2,1-3H3,(H,24,27). The number of anilines is 1. The molecule has 2 aromatic carbocycles. The second kappa shape index (κ2) is 8.67. The zero-order valence-corrected chi connectivity index (χ0v) is 16.3. The quantitative estimate of drug-likeness (QED) is 0.643. The van der Waals surface area contributed by atoms with E-state index in [9.17, 15) is 4.79 Å². The zero-order valence-electron chi connectivity index (χ0n) is 16.3. The van der Waals surface area contributed by atoms with Crippen molar-refractivity contribution in [3.05, 3.63) is 77.1 Å². The van der Waals surface area contributed by atoms with Crippen molar-refractivity contribution in [2.45, 2.75) is 46.5 Å². The van der Waals surface area contributed by atoms with Gasteiger partial charge in [0.05, 0.1) is 29.2 Å². The molecule has 4 nitrogen and oxygen atoms in total.